The molecule has 0 fully saturated rings. The predicted octanol–water partition coefficient (Wildman–Crippen LogP) is 3.27. The van der Waals surface area contributed by atoms with Crippen LogP contribution in [0.25, 0.3) is 16.9 Å². The zero-order valence-electron chi connectivity index (χ0n) is 16.5. The lowest BCUT2D eigenvalue weighted by Gasteiger charge is -2.08. The van der Waals surface area contributed by atoms with Crippen molar-refractivity contribution in [1.82, 2.24) is 29.9 Å². The third-order valence-electron chi connectivity index (χ3n) is 4.72. The average molecular weight is 420 g/mol. The smallest absolute Gasteiger partial charge is 0.255 e. The van der Waals surface area contributed by atoms with Gasteiger partial charge in [0.15, 0.2) is 10.6 Å². The minimum Gasteiger partial charge on any atom is -0.496 e. The summed E-state index contributed by atoms with van der Waals surface area (Å²) in [6.45, 7) is 0.227. The van der Waals surface area contributed by atoms with Crippen molar-refractivity contribution < 1.29 is 9.53 Å². The van der Waals surface area contributed by atoms with Crippen LogP contribution < -0.4 is 10.1 Å². The van der Waals surface area contributed by atoms with Crippen LogP contribution in [-0.4, -0.2) is 37.6 Å². The van der Waals surface area contributed by atoms with Gasteiger partial charge in [0.25, 0.3) is 5.91 Å². The number of methoxy groups -OCH3 is 1. The molecule has 4 aromatic rings. The molecular weight excluding hydrogens is 400 g/mol. The van der Waals surface area contributed by atoms with Crippen LogP contribution in [0.15, 0.2) is 60.8 Å². The van der Waals surface area contributed by atoms with Crippen molar-refractivity contribution in [2.45, 2.75) is 6.54 Å². The number of hydrogen-bond acceptors (Lipinski definition) is 5. The second-order valence-electron chi connectivity index (χ2n) is 6.56. The highest BCUT2D eigenvalue weighted by Crippen LogP contribution is 2.31. The van der Waals surface area contributed by atoms with Crippen LogP contribution in [0.1, 0.15) is 16.2 Å². The number of ether oxygens (including phenoxy) is 1. The summed E-state index contributed by atoms with van der Waals surface area (Å²) >= 11 is 5.12. The molecule has 0 aliphatic carbocycles. The highest BCUT2D eigenvalue weighted by atomic mass is 32.1. The summed E-state index contributed by atoms with van der Waals surface area (Å²) in [7, 11) is 3.39. The van der Waals surface area contributed by atoms with Crippen molar-refractivity contribution in [2.24, 2.45) is 7.05 Å². The Labute approximate surface area is 178 Å². The largest absolute Gasteiger partial charge is 0.496 e. The molecule has 1 amide bonds. The van der Waals surface area contributed by atoms with Crippen molar-refractivity contribution in [3.63, 3.8) is 0 Å². The van der Waals surface area contributed by atoms with E-state index in [9.17, 15) is 4.79 Å². The maximum absolute atomic E-state index is 13.1. The first-order chi connectivity index (χ1) is 14.6. The Morgan fingerprint density at radius 2 is 1.90 bits per heavy atom. The Morgan fingerprint density at radius 1 is 1.17 bits per heavy atom. The molecular formula is C21H20N6O2S. The molecule has 4 rings (SSSR count). The molecule has 0 unspecified atom stereocenters. The fraction of sp³-hybridized carbons (Fsp3) is 0.143. The van der Waals surface area contributed by atoms with Gasteiger partial charge in [0.2, 0.25) is 0 Å². The molecule has 9 heteroatoms. The third kappa shape index (κ3) is 3.74. The molecule has 0 aliphatic rings. The molecule has 152 valence electrons. The molecule has 30 heavy (non-hydrogen) atoms. The lowest BCUT2D eigenvalue weighted by molar-refractivity contribution is 0.0950. The quantitative estimate of drug-likeness (QED) is 0.467. The highest BCUT2D eigenvalue weighted by Gasteiger charge is 2.21. The van der Waals surface area contributed by atoms with Gasteiger partial charge >= 0.3 is 0 Å². The average Bonchev–Trinajstić information content (AvgIpc) is 3.37. The number of hydrogen-bond donors (Lipinski definition) is 2. The number of aromatic amines is 1. The maximum Gasteiger partial charge on any atom is 0.255 e. The molecule has 0 aliphatic heterocycles. The molecule has 8 nitrogen and oxygen atoms in total. The van der Waals surface area contributed by atoms with Crippen molar-refractivity contribution in [2.75, 3.05) is 7.11 Å². The Morgan fingerprint density at radius 3 is 2.60 bits per heavy atom. The van der Waals surface area contributed by atoms with E-state index in [4.69, 9.17) is 17.0 Å². The molecule has 2 aromatic heterocycles. The van der Waals surface area contributed by atoms with Crippen molar-refractivity contribution in [1.29, 1.82) is 0 Å². The van der Waals surface area contributed by atoms with E-state index in [1.165, 1.54) is 0 Å². The fourth-order valence-electron chi connectivity index (χ4n) is 3.08. The van der Waals surface area contributed by atoms with Gasteiger partial charge in [0, 0.05) is 18.8 Å². The Bertz CT molecular complexity index is 1240. The minimum absolute atomic E-state index is 0.227. The van der Waals surface area contributed by atoms with Gasteiger partial charge in [-0.1, -0.05) is 30.3 Å². The number of aromatic nitrogens is 5. The Balaban J connectivity index is 1.73. The second kappa shape index (κ2) is 8.34. The summed E-state index contributed by atoms with van der Waals surface area (Å²) < 4.78 is 9.38. The van der Waals surface area contributed by atoms with Crippen LogP contribution in [0.2, 0.25) is 0 Å². The molecule has 0 spiro atoms. The van der Waals surface area contributed by atoms with Crippen LogP contribution in [0, 0.1) is 4.77 Å². The van der Waals surface area contributed by atoms with E-state index in [2.05, 4.69) is 20.6 Å². The second-order valence-corrected chi connectivity index (χ2v) is 6.95. The minimum atomic E-state index is -0.271. The third-order valence-corrected chi connectivity index (χ3v) is 5.09. The predicted molar refractivity (Wildman–Crippen MR) is 115 cm³/mol. The number of nitrogens with zero attached hydrogens (tertiary/aromatic N) is 4. The number of amides is 1. The van der Waals surface area contributed by atoms with E-state index in [-0.39, 0.29) is 12.5 Å². The number of nitrogens with one attached hydrogen (secondary N) is 2. The van der Waals surface area contributed by atoms with Crippen LogP contribution in [0.5, 0.6) is 5.75 Å². The number of rotatable bonds is 6. The monoisotopic (exact) mass is 420 g/mol. The lowest BCUT2D eigenvalue weighted by Crippen LogP contribution is -2.24. The zero-order valence-corrected chi connectivity index (χ0v) is 17.3. The van der Waals surface area contributed by atoms with Crippen LogP contribution in [-0.2, 0) is 13.6 Å². The summed E-state index contributed by atoms with van der Waals surface area (Å²) in [5.74, 6) is 0.994. The number of carbonyl (C=O) groups excluding carboxylic acids is 1. The molecule has 2 heterocycles. The van der Waals surface area contributed by atoms with E-state index < -0.39 is 0 Å². The summed E-state index contributed by atoms with van der Waals surface area (Å²) in [5.41, 5.74) is 2.55. The molecule has 2 N–H and O–H groups in total. The number of benzene rings is 2. The Kier molecular flexibility index (Phi) is 5.44. The standard InChI is InChI=1S/C21H20N6O2S/c1-26-18(23-24-21(26)30)12-22-20(28)16-13-27(14-8-4-3-5-9-14)25-19(16)15-10-6-7-11-17(15)29-2/h3-11,13H,12H2,1-2H3,(H,22,28)(H,24,30). The molecule has 0 saturated carbocycles. The zero-order chi connectivity index (χ0) is 21.1. The first-order valence-corrected chi connectivity index (χ1v) is 9.66. The van der Waals surface area contributed by atoms with E-state index in [0.717, 1.165) is 11.3 Å². The summed E-state index contributed by atoms with van der Waals surface area (Å²) in [4.78, 5) is 13.1. The molecule has 0 saturated heterocycles. The topological polar surface area (TPSA) is 89.8 Å². The van der Waals surface area contributed by atoms with Gasteiger partial charge in [0.1, 0.15) is 11.4 Å². The van der Waals surface area contributed by atoms with Crippen molar-refractivity contribution >= 4 is 18.1 Å². The fourth-order valence-corrected chi connectivity index (χ4v) is 3.24. The van der Waals surface area contributed by atoms with Gasteiger partial charge in [-0.2, -0.15) is 10.2 Å². The highest BCUT2D eigenvalue weighted by molar-refractivity contribution is 7.71. The first kappa shape index (κ1) is 19.6. The maximum atomic E-state index is 13.1. The van der Waals surface area contributed by atoms with Gasteiger partial charge in [-0.15, -0.1) is 0 Å². The van der Waals surface area contributed by atoms with Gasteiger partial charge in [0.05, 0.1) is 24.9 Å². The normalized spacial score (nSPS) is 10.7. The Hall–Kier alpha value is -3.72. The van der Waals surface area contributed by atoms with Crippen molar-refractivity contribution in [3.8, 4) is 22.7 Å². The van der Waals surface area contributed by atoms with Gasteiger partial charge in [-0.25, -0.2) is 4.68 Å². The van der Waals surface area contributed by atoms with E-state index in [1.807, 2.05) is 54.6 Å². The van der Waals surface area contributed by atoms with Crippen LogP contribution in [0.3, 0.4) is 0 Å². The molecule has 0 bridgehead atoms. The van der Waals surface area contributed by atoms with E-state index >= 15 is 0 Å². The molecule has 2 aromatic carbocycles. The number of H-pyrrole nitrogens is 1. The lowest BCUT2D eigenvalue weighted by atomic mass is 10.1. The summed E-state index contributed by atoms with van der Waals surface area (Å²) in [6, 6.07) is 17.1. The number of para-hydroxylation sites is 2. The van der Waals surface area contributed by atoms with Gasteiger partial charge in [-0.3, -0.25) is 9.89 Å². The summed E-state index contributed by atoms with van der Waals surface area (Å²) in [6.07, 6.45) is 1.72. The van der Waals surface area contributed by atoms with E-state index in [0.29, 0.717) is 27.6 Å². The van der Waals surface area contributed by atoms with Gasteiger partial charge < -0.3 is 14.6 Å². The van der Waals surface area contributed by atoms with Crippen LogP contribution in [0.4, 0.5) is 0 Å². The van der Waals surface area contributed by atoms with E-state index in [1.54, 1.807) is 29.6 Å². The van der Waals surface area contributed by atoms with Gasteiger partial charge in [-0.05, 0) is 36.5 Å². The number of carbonyl (C=O) groups is 1. The molecule has 0 atom stereocenters. The molecule has 0 radical (unpaired) electrons. The summed E-state index contributed by atoms with van der Waals surface area (Å²) in [5, 5.41) is 14.4. The first-order valence-electron chi connectivity index (χ1n) is 9.25. The SMILES string of the molecule is COc1ccccc1-c1nn(-c2ccccc2)cc1C(=O)NCc1n[nH]c(=S)n1C. The van der Waals surface area contributed by atoms with Crippen molar-refractivity contribution in [3.05, 3.63) is 77.0 Å². The van der Waals surface area contributed by atoms with Crippen LogP contribution >= 0.6 is 12.2 Å².